The summed E-state index contributed by atoms with van der Waals surface area (Å²) in [6.45, 7) is 3.82. The number of anilines is 3. The first kappa shape index (κ1) is 30.3. The summed E-state index contributed by atoms with van der Waals surface area (Å²) in [6.07, 6.45) is 2.58. The van der Waals surface area contributed by atoms with Crippen LogP contribution in [0.25, 0.3) is 0 Å². The van der Waals surface area contributed by atoms with E-state index in [-0.39, 0.29) is 44.7 Å². The van der Waals surface area contributed by atoms with Crippen LogP contribution in [0.5, 0.6) is 11.5 Å². The van der Waals surface area contributed by atoms with Crippen molar-refractivity contribution in [1.29, 1.82) is 0 Å². The van der Waals surface area contributed by atoms with Crippen LogP contribution in [0.3, 0.4) is 0 Å². The molecule has 3 atom stereocenters. The van der Waals surface area contributed by atoms with E-state index in [9.17, 15) is 22.0 Å². The predicted molar refractivity (Wildman–Crippen MR) is 156 cm³/mol. The lowest BCUT2D eigenvalue weighted by molar-refractivity contribution is 0.102. The minimum atomic E-state index is -3.73. The molecule has 3 unspecified atom stereocenters. The second-order valence-electron chi connectivity index (χ2n) is 9.26. The molecule has 0 spiro atoms. The van der Waals surface area contributed by atoms with E-state index >= 15 is 0 Å². The number of methoxy groups -OCH3 is 2. The van der Waals surface area contributed by atoms with E-state index in [0.29, 0.717) is 10.0 Å². The number of thiophene rings is 1. The average Bonchev–Trinajstić information content (AvgIpc) is 3.33. The Morgan fingerprint density at radius 1 is 1.07 bits per heavy atom. The van der Waals surface area contributed by atoms with Crippen molar-refractivity contribution in [2.45, 2.75) is 50.1 Å². The maximum absolute atomic E-state index is 13.5. The number of amides is 1. The Labute approximate surface area is 245 Å². The summed E-state index contributed by atoms with van der Waals surface area (Å²) in [5.41, 5.74) is 0.298. The van der Waals surface area contributed by atoms with E-state index in [2.05, 4.69) is 5.32 Å². The first-order valence-corrected chi connectivity index (χ1v) is 16.0. The fourth-order valence-corrected chi connectivity index (χ4v) is 8.46. The quantitative estimate of drug-likeness (QED) is 0.308. The average molecular weight is 627 g/mol. The third-order valence-corrected chi connectivity index (χ3v) is 10.8. The van der Waals surface area contributed by atoms with Crippen molar-refractivity contribution in [3.8, 4) is 11.5 Å². The van der Waals surface area contributed by atoms with E-state index in [1.807, 2.05) is 13.8 Å². The van der Waals surface area contributed by atoms with Gasteiger partial charge in [-0.2, -0.15) is 4.31 Å². The van der Waals surface area contributed by atoms with Crippen LogP contribution < -0.4 is 19.1 Å². The van der Waals surface area contributed by atoms with Gasteiger partial charge < -0.3 is 19.3 Å². The molecule has 10 nitrogen and oxygen atoms in total. The molecule has 216 valence electrons. The number of ether oxygens (including phenoxy) is 2. The second-order valence-corrected chi connectivity index (χ2v) is 13.6. The van der Waals surface area contributed by atoms with E-state index in [4.69, 9.17) is 21.1 Å². The predicted octanol–water partition coefficient (Wildman–Crippen LogP) is 5.55. The summed E-state index contributed by atoms with van der Waals surface area (Å²) >= 11 is 4.24. The molecule has 40 heavy (non-hydrogen) atoms. The fraction of sp³-hybridized carbons (Fsp3) is 0.346. The lowest BCUT2D eigenvalue weighted by Gasteiger charge is -2.37. The summed E-state index contributed by atoms with van der Waals surface area (Å²) in [6, 6.07) is 11.5. The zero-order valence-electron chi connectivity index (χ0n) is 22.2. The summed E-state index contributed by atoms with van der Waals surface area (Å²) in [7, 11) is -0.940. The van der Waals surface area contributed by atoms with Crippen molar-refractivity contribution >= 4 is 66.5 Å². The molecular weight excluding hydrogens is 598 g/mol. The third kappa shape index (κ3) is 6.14. The highest BCUT2D eigenvalue weighted by Crippen LogP contribution is 2.42. The van der Waals surface area contributed by atoms with Crippen LogP contribution in [0, 0.1) is 0 Å². The maximum Gasteiger partial charge on any atom is 0.257 e. The summed E-state index contributed by atoms with van der Waals surface area (Å²) in [5.74, 6) is -0.228. The number of hydrogen-bond donors (Lipinski definition) is 1. The number of carbonyl (C=O) groups excluding carboxylic acids is 1. The second kappa shape index (κ2) is 12.5. The molecule has 2 aromatic carbocycles. The summed E-state index contributed by atoms with van der Waals surface area (Å²) < 4.78 is 64.9. The van der Waals surface area contributed by atoms with Crippen molar-refractivity contribution in [3.05, 3.63) is 58.4 Å². The highest BCUT2D eigenvalue weighted by molar-refractivity contribution is 7.89. The number of sulfonamides is 1. The van der Waals surface area contributed by atoms with Gasteiger partial charge in [0.15, 0.2) is 11.5 Å². The maximum atomic E-state index is 13.5. The Kier molecular flexibility index (Phi) is 9.43. The van der Waals surface area contributed by atoms with Gasteiger partial charge in [-0.3, -0.25) is 13.3 Å². The van der Waals surface area contributed by atoms with Gasteiger partial charge in [0, 0.05) is 23.8 Å². The first-order chi connectivity index (χ1) is 19.0. The smallest absolute Gasteiger partial charge is 0.257 e. The molecule has 0 radical (unpaired) electrons. The Morgan fingerprint density at radius 3 is 2.20 bits per heavy atom. The van der Waals surface area contributed by atoms with Crippen LogP contribution in [-0.2, 0) is 21.3 Å². The molecule has 1 aliphatic heterocycles. The highest BCUT2D eigenvalue weighted by atomic mass is 35.5. The molecule has 1 fully saturated rings. The monoisotopic (exact) mass is 626 g/mol. The molecule has 14 heteroatoms. The van der Waals surface area contributed by atoms with Gasteiger partial charge in [0.1, 0.15) is 5.00 Å². The van der Waals surface area contributed by atoms with Gasteiger partial charge in [-0.15, -0.1) is 11.3 Å². The van der Waals surface area contributed by atoms with Crippen LogP contribution in [0.2, 0.25) is 4.34 Å². The largest absolute Gasteiger partial charge is 0.755 e. The van der Waals surface area contributed by atoms with Crippen LogP contribution in [0.1, 0.15) is 43.5 Å². The SMILES string of the molecule is COc1cc(C(=O)Nc2ccc(S(=O)(=O)N3C(C)CCCC3C)cc2)c(N(c2ccc(Cl)s2)S(=O)[O-])cc1OC. The van der Waals surface area contributed by atoms with E-state index in [0.717, 1.165) is 34.9 Å². The number of benzene rings is 2. The van der Waals surface area contributed by atoms with Gasteiger partial charge in [-0.05, 0) is 69.2 Å². The molecule has 1 aromatic heterocycles. The molecule has 4 rings (SSSR count). The molecule has 0 bridgehead atoms. The lowest BCUT2D eigenvalue weighted by Crippen LogP contribution is -2.47. The Hall–Kier alpha value is -2.68. The van der Waals surface area contributed by atoms with Gasteiger partial charge in [-0.1, -0.05) is 18.0 Å². The Balaban J connectivity index is 1.68. The number of carbonyl (C=O) groups is 1. The molecule has 1 amide bonds. The van der Waals surface area contributed by atoms with Crippen LogP contribution in [-0.4, -0.2) is 53.7 Å². The lowest BCUT2D eigenvalue weighted by atomic mass is 10.0. The minimum absolute atomic E-state index is 0.00858. The van der Waals surface area contributed by atoms with Crippen molar-refractivity contribution in [2.75, 3.05) is 23.8 Å². The number of rotatable bonds is 9. The van der Waals surface area contributed by atoms with Crippen molar-refractivity contribution in [3.63, 3.8) is 0 Å². The van der Waals surface area contributed by atoms with Gasteiger partial charge >= 0.3 is 0 Å². The third-order valence-electron chi connectivity index (χ3n) is 6.67. The van der Waals surface area contributed by atoms with Gasteiger partial charge in [0.05, 0.1) is 46.0 Å². The summed E-state index contributed by atoms with van der Waals surface area (Å²) in [4.78, 5) is 13.6. The fourth-order valence-electron chi connectivity index (χ4n) is 4.81. The molecular formula is C26H29ClN3O7S3-. The molecule has 1 aliphatic rings. The van der Waals surface area contributed by atoms with Gasteiger partial charge in [-0.25, -0.2) is 8.42 Å². The van der Waals surface area contributed by atoms with E-state index in [1.54, 1.807) is 10.4 Å². The molecule has 3 aromatic rings. The van der Waals surface area contributed by atoms with E-state index < -0.39 is 27.2 Å². The summed E-state index contributed by atoms with van der Waals surface area (Å²) in [5, 5.41) is 2.98. The molecule has 1 N–H and O–H groups in total. The molecule has 0 aliphatic carbocycles. The minimum Gasteiger partial charge on any atom is -0.755 e. The molecule has 1 saturated heterocycles. The number of halogens is 1. The van der Waals surface area contributed by atoms with Crippen LogP contribution in [0.4, 0.5) is 16.4 Å². The normalized spacial score (nSPS) is 18.6. The molecule has 0 saturated carbocycles. The Bertz CT molecular complexity index is 1500. The van der Waals surface area contributed by atoms with Gasteiger partial charge in [0.25, 0.3) is 5.91 Å². The first-order valence-electron chi connectivity index (χ1n) is 12.3. The number of piperidine rings is 1. The van der Waals surface area contributed by atoms with Crippen LogP contribution >= 0.6 is 22.9 Å². The topological polar surface area (TPSA) is 128 Å². The highest BCUT2D eigenvalue weighted by Gasteiger charge is 2.35. The van der Waals surface area contributed by atoms with Crippen LogP contribution in [0.15, 0.2) is 53.4 Å². The zero-order valence-corrected chi connectivity index (χ0v) is 25.5. The van der Waals surface area contributed by atoms with E-state index in [1.165, 1.54) is 56.7 Å². The number of hydrogen-bond acceptors (Lipinski definition) is 8. The van der Waals surface area contributed by atoms with Crippen molar-refractivity contribution in [2.24, 2.45) is 0 Å². The van der Waals surface area contributed by atoms with Crippen molar-refractivity contribution in [1.82, 2.24) is 4.31 Å². The number of nitrogens with zero attached hydrogens (tertiary/aromatic N) is 2. The van der Waals surface area contributed by atoms with Crippen molar-refractivity contribution < 1.29 is 31.4 Å². The number of nitrogens with one attached hydrogen (secondary N) is 1. The Morgan fingerprint density at radius 2 is 1.68 bits per heavy atom. The zero-order chi connectivity index (χ0) is 29.2. The standard InChI is InChI=1S/C26H30ClN3O7S3/c1-16-6-5-7-17(2)30(16)40(34,35)19-10-8-18(9-11-19)28-26(31)20-14-22(36-3)23(37-4)15-21(20)29(39(32)33)25-13-12-24(27)38-25/h8-17H,5-7H2,1-4H3,(H,28,31)(H,32,33)/p-1. The van der Waals surface area contributed by atoms with Gasteiger partial charge in [0.2, 0.25) is 10.0 Å². The molecule has 2 heterocycles.